The lowest BCUT2D eigenvalue weighted by molar-refractivity contribution is -0.378. The van der Waals surface area contributed by atoms with Crippen LogP contribution in [0.2, 0.25) is 0 Å². The number of ether oxygens (including phenoxy) is 4. The zero-order chi connectivity index (χ0) is 40.6. The minimum absolute atomic E-state index is 0.00798. The molecule has 2 heterocycles. The molecule has 55 heavy (non-hydrogen) atoms. The minimum Gasteiger partial charge on any atom is -0.394 e. The quantitative estimate of drug-likeness (QED) is 0.115. The third-order valence-electron chi connectivity index (χ3n) is 16.6. The molecule has 0 radical (unpaired) electrons. The summed E-state index contributed by atoms with van der Waals surface area (Å²) in [6, 6.07) is 0. The molecule has 20 atom stereocenters. The molecule has 13 heteroatoms. The molecule has 6 rings (SSSR count). The summed E-state index contributed by atoms with van der Waals surface area (Å²) in [7, 11) is 0. The lowest BCUT2D eigenvalue weighted by Gasteiger charge is -2.70. The molecule has 0 amide bonds. The van der Waals surface area contributed by atoms with E-state index in [2.05, 4.69) is 54.5 Å². The molecule has 6 aliphatic rings. The first-order valence-corrected chi connectivity index (χ1v) is 20.9. The van der Waals surface area contributed by atoms with Gasteiger partial charge in [0.2, 0.25) is 0 Å². The van der Waals surface area contributed by atoms with Crippen LogP contribution in [0, 0.1) is 45.3 Å². The zero-order valence-corrected chi connectivity index (χ0v) is 34.3. The van der Waals surface area contributed by atoms with Gasteiger partial charge in [-0.25, -0.2) is 0 Å². The number of aliphatic hydroxyl groups excluding tert-OH is 8. The fourth-order valence-corrected chi connectivity index (χ4v) is 13.3. The van der Waals surface area contributed by atoms with Crippen molar-refractivity contribution in [1.82, 2.24) is 0 Å². The van der Waals surface area contributed by atoms with Crippen molar-refractivity contribution < 1.29 is 64.9 Å². The van der Waals surface area contributed by atoms with Crippen molar-refractivity contribution in [3.8, 4) is 0 Å². The van der Waals surface area contributed by atoms with E-state index in [0.717, 1.165) is 38.5 Å². The predicted molar refractivity (Wildman–Crippen MR) is 201 cm³/mol. The Morgan fingerprint density at radius 2 is 1.33 bits per heavy atom. The van der Waals surface area contributed by atoms with Crippen LogP contribution in [0.1, 0.15) is 113 Å². The molecule has 0 aromatic heterocycles. The van der Waals surface area contributed by atoms with Gasteiger partial charge in [0.15, 0.2) is 12.6 Å². The van der Waals surface area contributed by atoms with Gasteiger partial charge in [-0.05, 0) is 124 Å². The minimum atomic E-state index is -1.75. The van der Waals surface area contributed by atoms with Gasteiger partial charge >= 0.3 is 0 Å². The van der Waals surface area contributed by atoms with E-state index >= 15 is 0 Å². The summed E-state index contributed by atoms with van der Waals surface area (Å²) in [4.78, 5) is 0. The first kappa shape index (κ1) is 43.8. The molecule has 0 bridgehead atoms. The van der Waals surface area contributed by atoms with Crippen molar-refractivity contribution >= 4 is 0 Å². The Bertz CT molecular complexity index is 1370. The van der Waals surface area contributed by atoms with Crippen LogP contribution < -0.4 is 0 Å². The molecule has 7 unspecified atom stereocenters. The highest BCUT2D eigenvalue weighted by molar-refractivity contribution is 5.20. The zero-order valence-electron chi connectivity index (χ0n) is 34.3. The average molecular weight is 785 g/mol. The second-order valence-corrected chi connectivity index (χ2v) is 20.1. The molecule has 9 N–H and O–H groups in total. The standard InChI is InChI=1S/C42H72O13/c1-21(2)10-9-14-42(8,51)22-11-16-41(7)29(22)23(45)18-27-39(5)15-13-28(38(3,4)26(39)12-17-40(27,41)6)54-37-35(33(49)31(47)25(20-44)53-37)55-36-34(50)32(48)30(46)24(19-43)52-36/h10,22-37,43-51H,9,11-20H2,1-8H3/t22-,23?,24+,25+,26?,27?,28-,29?,30+,31+,32-,33-,34+,35+,36?,37?,39-,40+,41-,42?/m0/s1. The molecule has 4 aliphatic carbocycles. The summed E-state index contributed by atoms with van der Waals surface area (Å²) in [5, 5.41) is 97.4. The lowest BCUT2D eigenvalue weighted by atomic mass is 9.35. The van der Waals surface area contributed by atoms with Gasteiger partial charge in [-0.2, -0.15) is 0 Å². The van der Waals surface area contributed by atoms with Gasteiger partial charge in [-0.1, -0.05) is 46.3 Å². The van der Waals surface area contributed by atoms with Crippen LogP contribution in [0.15, 0.2) is 11.6 Å². The van der Waals surface area contributed by atoms with Crippen LogP contribution in [-0.4, -0.2) is 138 Å². The topological polar surface area (TPSA) is 219 Å². The Kier molecular flexibility index (Phi) is 12.5. The molecular formula is C42H72O13. The molecule has 0 aromatic rings. The number of rotatable bonds is 10. The van der Waals surface area contributed by atoms with Crippen LogP contribution in [-0.2, 0) is 18.9 Å². The van der Waals surface area contributed by atoms with Crippen molar-refractivity contribution in [2.75, 3.05) is 13.2 Å². The van der Waals surface area contributed by atoms with Gasteiger partial charge in [-0.3, -0.25) is 0 Å². The second kappa shape index (κ2) is 15.7. The Balaban J connectivity index is 1.23. The van der Waals surface area contributed by atoms with Gasteiger partial charge in [0, 0.05) is 0 Å². The van der Waals surface area contributed by atoms with Crippen molar-refractivity contribution in [3.05, 3.63) is 11.6 Å². The normalized spacial score (nSPS) is 52.0. The molecule has 0 spiro atoms. The molecule has 318 valence electrons. The Morgan fingerprint density at radius 1 is 0.727 bits per heavy atom. The van der Waals surface area contributed by atoms with Crippen LogP contribution in [0.25, 0.3) is 0 Å². The van der Waals surface area contributed by atoms with Crippen LogP contribution in [0.4, 0.5) is 0 Å². The highest BCUT2D eigenvalue weighted by Crippen LogP contribution is 2.76. The molecule has 6 fully saturated rings. The molecule has 0 aromatic carbocycles. The number of aliphatic hydroxyl groups is 9. The average Bonchev–Trinajstić information content (AvgIpc) is 3.50. The van der Waals surface area contributed by atoms with E-state index in [1.165, 1.54) is 5.57 Å². The van der Waals surface area contributed by atoms with E-state index in [-0.39, 0.29) is 39.9 Å². The van der Waals surface area contributed by atoms with Gasteiger partial charge in [0.25, 0.3) is 0 Å². The Morgan fingerprint density at radius 3 is 1.95 bits per heavy atom. The van der Waals surface area contributed by atoms with Gasteiger partial charge in [-0.15, -0.1) is 0 Å². The van der Waals surface area contributed by atoms with E-state index in [1.807, 2.05) is 6.92 Å². The van der Waals surface area contributed by atoms with Crippen molar-refractivity contribution in [1.29, 1.82) is 0 Å². The summed E-state index contributed by atoms with van der Waals surface area (Å²) >= 11 is 0. The molecule has 13 nitrogen and oxygen atoms in total. The molecule has 2 saturated heterocycles. The maximum Gasteiger partial charge on any atom is 0.187 e. The fraction of sp³-hybridized carbons (Fsp3) is 0.952. The van der Waals surface area contributed by atoms with Crippen molar-refractivity contribution in [2.45, 2.75) is 192 Å². The van der Waals surface area contributed by atoms with Gasteiger partial charge < -0.3 is 64.9 Å². The van der Waals surface area contributed by atoms with Crippen LogP contribution in [0.3, 0.4) is 0 Å². The third kappa shape index (κ3) is 7.20. The maximum atomic E-state index is 12.2. The Labute approximate surface area is 327 Å². The number of hydrogen-bond donors (Lipinski definition) is 9. The highest BCUT2D eigenvalue weighted by atomic mass is 16.8. The predicted octanol–water partition coefficient (Wildman–Crippen LogP) is 2.15. The summed E-state index contributed by atoms with van der Waals surface area (Å²) in [6.07, 6.45) is -6.48. The summed E-state index contributed by atoms with van der Waals surface area (Å²) in [5.41, 5.74) is -0.405. The van der Waals surface area contributed by atoms with Crippen molar-refractivity contribution in [3.63, 3.8) is 0 Å². The van der Waals surface area contributed by atoms with E-state index < -0.39 is 97.8 Å². The van der Waals surface area contributed by atoms with E-state index in [4.69, 9.17) is 18.9 Å². The smallest absolute Gasteiger partial charge is 0.187 e. The van der Waals surface area contributed by atoms with Crippen molar-refractivity contribution in [2.24, 2.45) is 45.3 Å². The maximum absolute atomic E-state index is 12.2. The first-order valence-electron chi connectivity index (χ1n) is 20.9. The Hall–Kier alpha value is -0.780. The highest BCUT2D eigenvalue weighted by Gasteiger charge is 2.71. The van der Waals surface area contributed by atoms with Crippen LogP contribution >= 0.6 is 0 Å². The number of hydrogen-bond acceptors (Lipinski definition) is 13. The van der Waals surface area contributed by atoms with E-state index in [0.29, 0.717) is 19.3 Å². The molecular weight excluding hydrogens is 712 g/mol. The largest absolute Gasteiger partial charge is 0.394 e. The van der Waals surface area contributed by atoms with Gasteiger partial charge in [0.1, 0.15) is 48.8 Å². The van der Waals surface area contributed by atoms with Crippen LogP contribution in [0.5, 0.6) is 0 Å². The molecule has 2 aliphatic heterocycles. The SMILES string of the molecule is CC(C)=CCCC(C)(O)[C@H]1CC[C@@]2(C)C1C(O)CC1[C@@]3(C)CC[C@H](OC4O[C@H](CO)[C@@H](O)[C@H](O)[C@H]4OC4O[C@H](CO)[C@@H](O)[C@H](O)[C@H]4O)C(C)(C)C3CC[C@]12C. The summed E-state index contributed by atoms with van der Waals surface area (Å²) in [6.45, 7) is 16.5. The number of fused-ring (bicyclic) bond motifs is 5. The lowest BCUT2D eigenvalue weighted by Crippen LogP contribution is -2.68. The number of allylic oxidation sites excluding steroid dienone is 2. The first-order chi connectivity index (χ1) is 25.6. The van der Waals surface area contributed by atoms with E-state index in [1.54, 1.807) is 0 Å². The summed E-state index contributed by atoms with van der Waals surface area (Å²) < 4.78 is 24.4. The third-order valence-corrected chi connectivity index (χ3v) is 16.6. The second-order valence-electron chi connectivity index (χ2n) is 20.1. The van der Waals surface area contributed by atoms with Gasteiger partial charge in [0.05, 0.1) is 31.0 Å². The van der Waals surface area contributed by atoms with E-state index in [9.17, 15) is 46.0 Å². The summed E-state index contributed by atoms with van der Waals surface area (Å²) in [5.74, 6) is 0.445. The molecule has 4 saturated carbocycles. The monoisotopic (exact) mass is 784 g/mol. The fourth-order valence-electron chi connectivity index (χ4n) is 13.3.